The molecule has 0 fully saturated rings. The lowest BCUT2D eigenvalue weighted by molar-refractivity contribution is -0.113. The largest absolute Gasteiger partial charge is 0.344 e. The molecule has 0 aromatic rings. The van der Waals surface area contributed by atoms with E-state index < -0.39 is 0 Å². The first-order chi connectivity index (χ1) is 2.56. The van der Waals surface area contributed by atoms with Crippen LogP contribution in [-0.2, 0) is 4.79 Å². The van der Waals surface area contributed by atoms with Gasteiger partial charge in [-0.3, -0.25) is 0 Å². The Kier molecular flexibility index (Phi) is 3.85. The Morgan fingerprint density at radius 2 is 1.43 bits per heavy atom. The summed E-state index contributed by atoms with van der Waals surface area (Å²) >= 11 is 0. The Labute approximate surface area is 44.5 Å². The molecule has 2 nitrogen and oxygen atoms in total. The molecule has 0 bridgehead atoms. The average Bonchev–Trinajstić information content (AvgIpc) is 1.35. The first-order valence-corrected chi connectivity index (χ1v) is 2.02. The maximum absolute atomic E-state index is 9.83. The Balaban J connectivity index is 0. The van der Waals surface area contributed by atoms with E-state index in [0.29, 0.717) is 0 Å². The van der Waals surface area contributed by atoms with E-state index in [1.165, 1.54) is 0 Å². The van der Waals surface area contributed by atoms with Gasteiger partial charge in [0.05, 0.1) is 0 Å². The highest BCUT2D eigenvalue weighted by molar-refractivity contribution is 5.56. The lowest BCUT2D eigenvalue weighted by atomic mass is 10.0. The summed E-state index contributed by atoms with van der Waals surface area (Å²) in [6, 6.07) is 0. The number of rotatable bonds is 0. The molecule has 0 unspecified atom stereocenters. The fourth-order valence-corrected chi connectivity index (χ4v) is 0. The van der Waals surface area contributed by atoms with Crippen molar-refractivity contribution in [2.45, 2.75) is 20.8 Å². The van der Waals surface area contributed by atoms with E-state index in [-0.39, 0.29) is 11.6 Å². The summed E-state index contributed by atoms with van der Waals surface area (Å²) in [5.41, 5.74) is -0.139. The van der Waals surface area contributed by atoms with Crippen LogP contribution in [0.25, 0.3) is 0 Å². The predicted octanol–water partition coefficient (Wildman–Crippen LogP) is 1.39. The van der Waals surface area contributed by atoms with Gasteiger partial charge in [-0.25, -0.2) is 0 Å². The third kappa shape index (κ3) is 10.7. The quantitative estimate of drug-likeness (QED) is 0.471. The zero-order valence-corrected chi connectivity index (χ0v) is 5.19. The minimum Gasteiger partial charge on any atom is -0.344 e. The van der Waals surface area contributed by atoms with Crippen LogP contribution in [-0.4, -0.2) is 6.29 Å². The molecule has 0 rings (SSSR count). The Morgan fingerprint density at radius 3 is 1.43 bits per heavy atom. The summed E-state index contributed by atoms with van der Waals surface area (Å²) in [7, 11) is 0. The van der Waals surface area contributed by atoms with Gasteiger partial charge < -0.3 is 10.9 Å². The van der Waals surface area contributed by atoms with E-state index in [1.54, 1.807) is 0 Å². The third-order valence-electron chi connectivity index (χ3n) is 0.354. The van der Waals surface area contributed by atoms with Crippen molar-refractivity contribution in [2.24, 2.45) is 5.41 Å². The maximum atomic E-state index is 9.83. The molecule has 0 aromatic carbocycles. The van der Waals surface area contributed by atoms with Gasteiger partial charge in [-0.1, -0.05) is 20.8 Å². The van der Waals surface area contributed by atoms with Crippen molar-refractivity contribution in [1.82, 2.24) is 6.15 Å². The van der Waals surface area contributed by atoms with E-state index in [9.17, 15) is 4.79 Å². The smallest absolute Gasteiger partial charge is 0.125 e. The second-order valence-corrected chi connectivity index (χ2v) is 2.48. The van der Waals surface area contributed by atoms with Crippen LogP contribution in [0, 0.1) is 5.41 Å². The number of carbonyl (C=O) groups is 1. The van der Waals surface area contributed by atoms with Crippen molar-refractivity contribution in [3.05, 3.63) is 0 Å². The van der Waals surface area contributed by atoms with Gasteiger partial charge in [0.1, 0.15) is 6.29 Å². The van der Waals surface area contributed by atoms with Gasteiger partial charge in [0.15, 0.2) is 0 Å². The molecule has 0 saturated heterocycles. The van der Waals surface area contributed by atoms with Crippen molar-refractivity contribution in [2.75, 3.05) is 0 Å². The fraction of sp³-hybridized carbons (Fsp3) is 0.800. The highest BCUT2D eigenvalue weighted by atomic mass is 16.1. The molecular formula is C5H13NO. The average molecular weight is 103 g/mol. The van der Waals surface area contributed by atoms with Crippen molar-refractivity contribution in [3.8, 4) is 0 Å². The number of carbonyl (C=O) groups excluding carboxylic acids is 1. The summed E-state index contributed by atoms with van der Waals surface area (Å²) in [6.45, 7) is 5.62. The maximum Gasteiger partial charge on any atom is 0.125 e. The summed E-state index contributed by atoms with van der Waals surface area (Å²) in [5.74, 6) is 0. The van der Waals surface area contributed by atoms with Crippen LogP contribution in [0.2, 0.25) is 0 Å². The molecule has 0 spiro atoms. The van der Waals surface area contributed by atoms with Gasteiger partial charge in [-0.2, -0.15) is 0 Å². The Morgan fingerprint density at radius 1 is 1.29 bits per heavy atom. The summed E-state index contributed by atoms with van der Waals surface area (Å²) < 4.78 is 0. The van der Waals surface area contributed by atoms with Gasteiger partial charge in [-0.05, 0) is 0 Å². The van der Waals surface area contributed by atoms with Crippen LogP contribution in [0.3, 0.4) is 0 Å². The van der Waals surface area contributed by atoms with Gasteiger partial charge in [0.25, 0.3) is 0 Å². The minimum atomic E-state index is -0.139. The topological polar surface area (TPSA) is 52.1 Å². The van der Waals surface area contributed by atoms with Gasteiger partial charge in [-0.15, -0.1) is 0 Å². The van der Waals surface area contributed by atoms with Crippen molar-refractivity contribution in [3.63, 3.8) is 0 Å². The molecule has 0 atom stereocenters. The highest BCUT2D eigenvalue weighted by Crippen LogP contribution is 2.05. The van der Waals surface area contributed by atoms with Crippen LogP contribution >= 0.6 is 0 Å². The van der Waals surface area contributed by atoms with Crippen LogP contribution in [0.15, 0.2) is 0 Å². The molecule has 2 heteroatoms. The number of aldehydes is 1. The third-order valence-corrected chi connectivity index (χ3v) is 0.354. The zero-order chi connectivity index (χ0) is 5.21. The monoisotopic (exact) mass is 103 g/mol. The number of hydrogen-bond acceptors (Lipinski definition) is 2. The van der Waals surface area contributed by atoms with E-state index in [1.807, 2.05) is 20.8 Å². The first-order valence-electron chi connectivity index (χ1n) is 2.02. The summed E-state index contributed by atoms with van der Waals surface area (Å²) in [5, 5.41) is 0. The molecule has 44 valence electrons. The van der Waals surface area contributed by atoms with Gasteiger partial charge >= 0.3 is 0 Å². The Hall–Kier alpha value is -0.370. The molecule has 0 aliphatic heterocycles. The van der Waals surface area contributed by atoms with Gasteiger partial charge in [0.2, 0.25) is 0 Å². The summed E-state index contributed by atoms with van der Waals surface area (Å²) in [4.78, 5) is 9.83. The molecule has 0 aromatic heterocycles. The molecule has 0 saturated carbocycles. The second-order valence-electron chi connectivity index (χ2n) is 2.48. The minimum absolute atomic E-state index is 0. The van der Waals surface area contributed by atoms with E-state index in [0.717, 1.165) is 6.29 Å². The van der Waals surface area contributed by atoms with Crippen LogP contribution in [0.4, 0.5) is 0 Å². The van der Waals surface area contributed by atoms with E-state index >= 15 is 0 Å². The van der Waals surface area contributed by atoms with Crippen molar-refractivity contribution < 1.29 is 4.79 Å². The van der Waals surface area contributed by atoms with E-state index in [2.05, 4.69) is 0 Å². The van der Waals surface area contributed by atoms with Gasteiger partial charge in [0, 0.05) is 5.41 Å². The van der Waals surface area contributed by atoms with Crippen LogP contribution < -0.4 is 6.15 Å². The molecule has 0 radical (unpaired) electrons. The molecule has 7 heavy (non-hydrogen) atoms. The second kappa shape index (κ2) is 2.75. The molecule has 0 aliphatic carbocycles. The zero-order valence-electron chi connectivity index (χ0n) is 5.19. The lowest BCUT2D eigenvalue weighted by Crippen LogP contribution is -2.04. The molecule has 3 N–H and O–H groups in total. The normalized spacial score (nSPS) is 9.57. The highest BCUT2D eigenvalue weighted by Gasteiger charge is 2.04. The van der Waals surface area contributed by atoms with Crippen LogP contribution in [0.5, 0.6) is 0 Å². The first kappa shape index (κ1) is 9.80. The number of hydrogen-bond donors (Lipinski definition) is 1. The van der Waals surface area contributed by atoms with Crippen molar-refractivity contribution in [1.29, 1.82) is 0 Å². The molecular weight excluding hydrogens is 90.1 g/mol. The molecule has 0 aliphatic rings. The Bertz CT molecular complexity index is 53.6. The predicted molar refractivity (Wildman–Crippen MR) is 30.5 cm³/mol. The molecule has 0 amide bonds. The fourth-order valence-electron chi connectivity index (χ4n) is 0. The van der Waals surface area contributed by atoms with Crippen LogP contribution in [0.1, 0.15) is 20.8 Å². The van der Waals surface area contributed by atoms with Crippen molar-refractivity contribution >= 4 is 6.29 Å². The van der Waals surface area contributed by atoms with E-state index in [4.69, 9.17) is 0 Å². The SMILES string of the molecule is CC(C)(C)C=O.N. The summed E-state index contributed by atoms with van der Waals surface area (Å²) in [6.07, 6.45) is 0.938. The molecule has 0 heterocycles. The lowest BCUT2D eigenvalue weighted by Gasteiger charge is -2.03. The standard InChI is InChI=1S/C5H10O.H3N/c1-5(2,3)4-6;/h4H,1-3H3;1H3.